The van der Waals surface area contributed by atoms with Gasteiger partial charge in [0.05, 0.1) is 10.4 Å². The number of aromatic nitrogens is 2. The minimum absolute atomic E-state index is 0.0194. The van der Waals surface area contributed by atoms with Gasteiger partial charge >= 0.3 is 0 Å². The summed E-state index contributed by atoms with van der Waals surface area (Å²) in [5, 5.41) is 15.3. The monoisotopic (exact) mass is 392 g/mol. The normalized spacial score (nSPS) is 12.4. The Bertz CT molecular complexity index is 1040. The summed E-state index contributed by atoms with van der Waals surface area (Å²) in [4.78, 5) is 18.8. The molecule has 26 heavy (non-hydrogen) atoms. The van der Waals surface area contributed by atoms with Crippen molar-refractivity contribution in [3.63, 3.8) is 0 Å². The van der Waals surface area contributed by atoms with E-state index in [1.807, 2.05) is 0 Å². The van der Waals surface area contributed by atoms with Gasteiger partial charge in [0.15, 0.2) is 11.5 Å². The Morgan fingerprint density at radius 2 is 1.88 bits per heavy atom. The van der Waals surface area contributed by atoms with Crippen LogP contribution >= 0.6 is 23.2 Å². The Balaban J connectivity index is 1.67. The van der Waals surface area contributed by atoms with Crippen molar-refractivity contribution in [3.05, 3.63) is 56.3 Å². The van der Waals surface area contributed by atoms with Crippen molar-refractivity contribution in [2.24, 2.45) is 0 Å². The van der Waals surface area contributed by atoms with Crippen molar-refractivity contribution >= 4 is 45.6 Å². The van der Waals surface area contributed by atoms with Crippen molar-refractivity contribution in [2.45, 2.75) is 6.54 Å². The van der Waals surface area contributed by atoms with E-state index < -0.39 is 4.92 Å². The maximum atomic E-state index is 11.1. The minimum atomic E-state index is -0.548. The van der Waals surface area contributed by atoms with E-state index >= 15 is 0 Å². The molecule has 0 atom stereocenters. The van der Waals surface area contributed by atoms with E-state index in [-0.39, 0.29) is 17.5 Å². The Morgan fingerprint density at radius 1 is 1.12 bits per heavy atom. The van der Waals surface area contributed by atoms with E-state index in [4.69, 9.17) is 32.7 Å². The highest BCUT2D eigenvalue weighted by Crippen LogP contribution is 2.37. The summed E-state index contributed by atoms with van der Waals surface area (Å²) in [6.45, 7) is 0.488. The Hall–Kier alpha value is -2.84. The molecular weight excluding hydrogens is 383 g/mol. The SMILES string of the molecule is O=[N+]([O-])c1cc2c(NCc3cc4c(cc3Cl)OCO4)ncnc2cc1Cl. The first-order valence-electron chi connectivity index (χ1n) is 7.43. The molecule has 2 heterocycles. The quantitative estimate of drug-likeness (QED) is 0.524. The second kappa shape index (κ2) is 6.47. The first kappa shape index (κ1) is 16.6. The highest BCUT2D eigenvalue weighted by atomic mass is 35.5. The van der Waals surface area contributed by atoms with Gasteiger partial charge in [0.2, 0.25) is 6.79 Å². The lowest BCUT2D eigenvalue weighted by Gasteiger charge is -2.10. The smallest absolute Gasteiger partial charge is 0.288 e. The van der Waals surface area contributed by atoms with Gasteiger partial charge in [0.25, 0.3) is 5.69 Å². The molecule has 0 fully saturated rings. The Morgan fingerprint density at radius 3 is 2.65 bits per heavy atom. The van der Waals surface area contributed by atoms with E-state index in [0.717, 1.165) is 5.56 Å². The third-order valence-corrected chi connectivity index (χ3v) is 4.54. The third kappa shape index (κ3) is 2.93. The summed E-state index contributed by atoms with van der Waals surface area (Å²) in [5.74, 6) is 1.64. The molecule has 1 aliphatic heterocycles. The summed E-state index contributed by atoms with van der Waals surface area (Å²) in [6.07, 6.45) is 1.36. The van der Waals surface area contributed by atoms with Crippen molar-refractivity contribution in [1.29, 1.82) is 0 Å². The van der Waals surface area contributed by atoms with Crippen LogP contribution in [0.5, 0.6) is 11.5 Å². The zero-order valence-electron chi connectivity index (χ0n) is 13.0. The number of nitro benzene ring substituents is 1. The van der Waals surface area contributed by atoms with Gasteiger partial charge in [0.1, 0.15) is 17.2 Å². The minimum Gasteiger partial charge on any atom is -0.454 e. The average Bonchev–Trinajstić information content (AvgIpc) is 3.05. The standard InChI is InChI=1S/C16H10Cl2N4O4/c17-10-4-15-14(25-7-26-15)1-8(10)5-19-16-9-2-13(22(23)24)11(18)3-12(9)20-6-21-16/h1-4,6H,5,7H2,(H,19,20,21). The van der Waals surface area contributed by atoms with E-state index in [9.17, 15) is 10.1 Å². The van der Waals surface area contributed by atoms with Crippen LogP contribution in [0.1, 0.15) is 5.56 Å². The summed E-state index contributed by atoms with van der Waals surface area (Å²) in [6, 6.07) is 6.25. The van der Waals surface area contributed by atoms with Gasteiger partial charge in [-0.25, -0.2) is 9.97 Å². The van der Waals surface area contributed by atoms with Crippen LogP contribution in [0.4, 0.5) is 11.5 Å². The number of hydrogen-bond acceptors (Lipinski definition) is 7. The summed E-state index contributed by atoms with van der Waals surface area (Å²) >= 11 is 12.2. The van der Waals surface area contributed by atoms with Crippen molar-refractivity contribution in [2.75, 3.05) is 12.1 Å². The molecule has 8 nitrogen and oxygen atoms in total. The van der Waals surface area contributed by atoms with Crippen molar-refractivity contribution in [3.8, 4) is 11.5 Å². The van der Waals surface area contributed by atoms with Crippen LogP contribution in [-0.2, 0) is 6.54 Å². The van der Waals surface area contributed by atoms with E-state index in [1.165, 1.54) is 18.5 Å². The molecular formula is C16H10Cl2N4O4. The molecule has 0 amide bonds. The van der Waals surface area contributed by atoms with Gasteiger partial charge < -0.3 is 14.8 Å². The van der Waals surface area contributed by atoms with Gasteiger partial charge in [-0.05, 0) is 17.7 Å². The topological polar surface area (TPSA) is 99.4 Å². The van der Waals surface area contributed by atoms with Gasteiger partial charge in [-0.15, -0.1) is 0 Å². The van der Waals surface area contributed by atoms with Crippen LogP contribution in [0.2, 0.25) is 10.0 Å². The molecule has 0 radical (unpaired) electrons. The summed E-state index contributed by atoms with van der Waals surface area (Å²) in [7, 11) is 0. The van der Waals surface area contributed by atoms with Crippen molar-refractivity contribution < 1.29 is 14.4 Å². The van der Waals surface area contributed by atoms with Gasteiger partial charge in [-0.3, -0.25) is 10.1 Å². The molecule has 0 aliphatic carbocycles. The predicted molar refractivity (Wildman–Crippen MR) is 96.1 cm³/mol. The van der Waals surface area contributed by atoms with Crippen LogP contribution in [0, 0.1) is 10.1 Å². The second-order valence-electron chi connectivity index (χ2n) is 5.45. The number of nitro groups is 1. The molecule has 1 N–H and O–H groups in total. The van der Waals surface area contributed by atoms with Crippen LogP contribution in [-0.4, -0.2) is 21.7 Å². The number of ether oxygens (including phenoxy) is 2. The molecule has 0 spiro atoms. The number of nitrogens with zero attached hydrogens (tertiary/aromatic N) is 3. The maximum Gasteiger partial charge on any atom is 0.288 e. The number of rotatable bonds is 4. The number of nitrogens with one attached hydrogen (secondary N) is 1. The molecule has 1 aliphatic rings. The first-order valence-corrected chi connectivity index (χ1v) is 8.19. The predicted octanol–water partition coefficient (Wildman–Crippen LogP) is 4.19. The highest BCUT2D eigenvalue weighted by Gasteiger charge is 2.18. The molecule has 0 saturated heterocycles. The number of fused-ring (bicyclic) bond motifs is 2. The van der Waals surface area contributed by atoms with Crippen LogP contribution in [0.25, 0.3) is 10.9 Å². The zero-order chi connectivity index (χ0) is 18.3. The van der Waals surface area contributed by atoms with Crippen LogP contribution < -0.4 is 14.8 Å². The molecule has 0 saturated carbocycles. The molecule has 10 heteroatoms. The largest absolute Gasteiger partial charge is 0.454 e. The molecule has 0 bridgehead atoms. The zero-order valence-corrected chi connectivity index (χ0v) is 14.5. The number of anilines is 1. The number of halogens is 2. The molecule has 0 unspecified atom stereocenters. The van der Waals surface area contributed by atoms with E-state index in [1.54, 1.807) is 12.1 Å². The maximum absolute atomic E-state index is 11.1. The Labute approximate surface area is 156 Å². The number of benzene rings is 2. The molecule has 4 rings (SSSR count). The second-order valence-corrected chi connectivity index (χ2v) is 6.26. The molecule has 132 valence electrons. The fourth-order valence-electron chi connectivity index (χ4n) is 2.62. The number of hydrogen-bond donors (Lipinski definition) is 1. The summed E-state index contributed by atoms with van der Waals surface area (Å²) in [5.41, 5.74) is 1.05. The lowest BCUT2D eigenvalue weighted by molar-refractivity contribution is -0.384. The van der Waals surface area contributed by atoms with Crippen molar-refractivity contribution in [1.82, 2.24) is 9.97 Å². The van der Waals surface area contributed by atoms with E-state index in [0.29, 0.717) is 39.8 Å². The first-order chi connectivity index (χ1) is 12.5. The fourth-order valence-corrected chi connectivity index (χ4v) is 3.07. The van der Waals surface area contributed by atoms with Gasteiger partial charge in [-0.2, -0.15) is 0 Å². The molecule has 2 aromatic carbocycles. The average molecular weight is 393 g/mol. The lowest BCUT2D eigenvalue weighted by Crippen LogP contribution is -2.03. The lowest BCUT2D eigenvalue weighted by atomic mass is 10.1. The van der Waals surface area contributed by atoms with E-state index in [2.05, 4.69) is 15.3 Å². The Kier molecular flexibility index (Phi) is 4.14. The summed E-state index contributed by atoms with van der Waals surface area (Å²) < 4.78 is 10.6. The third-order valence-electron chi connectivity index (χ3n) is 3.89. The van der Waals surface area contributed by atoms with Crippen LogP contribution in [0.15, 0.2) is 30.6 Å². The van der Waals surface area contributed by atoms with Crippen LogP contribution in [0.3, 0.4) is 0 Å². The molecule has 3 aromatic rings. The van der Waals surface area contributed by atoms with Gasteiger partial charge in [0, 0.05) is 29.1 Å². The highest BCUT2D eigenvalue weighted by molar-refractivity contribution is 6.33. The molecule has 1 aromatic heterocycles. The fraction of sp³-hybridized carbons (Fsp3) is 0.125. The van der Waals surface area contributed by atoms with Gasteiger partial charge in [-0.1, -0.05) is 23.2 Å².